The molecule has 5 nitrogen and oxygen atoms in total. The van der Waals surface area contributed by atoms with E-state index in [4.69, 9.17) is 5.84 Å². The minimum absolute atomic E-state index is 0.144. The molecule has 0 saturated heterocycles. The largest absolute Gasteiger partial charge is 0.276 e. The number of carbonyl (C=O) groups excluding carboxylic acids is 1. The summed E-state index contributed by atoms with van der Waals surface area (Å²) in [6.45, 7) is 0.660. The third kappa shape index (κ3) is 2.18. The highest BCUT2D eigenvalue weighted by molar-refractivity contribution is 5.93. The Morgan fingerprint density at radius 3 is 2.93 bits per heavy atom. The normalized spacial score (nSPS) is 16.1. The van der Waals surface area contributed by atoms with Gasteiger partial charge in [-0.3, -0.25) is 14.5 Å². The number of aryl methyl sites for hydroxylation is 1. The molecule has 0 spiro atoms. The Morgan fingerprint density at radius 2 is 2.47 bits per heavy atom. The van der Waals surface area contributed by atoms with E-state index in [1.807, 2.05) is 0 Å². The average molecular weight is 208 g/mol. The van der Waals surface area contributed by atoms with Gasteiger partial charge >= 0.3 is 0 Å². The van der Waals surface area contributed by atoms with Gasteiger partial charge in [-0.15, -0.1) is 0 Å². The predicted octanol–water partition coefficient (Wildman–Crippen LogP) is 0.536. The summed E-state index contributed by atoms with van der Waals surface area (Å²) in [6, 6.07) is 0. The first kappa shape index (κ1) is 10.2. The van der Waals surface area contributed by atoms with E-state index in [0.29, 0.717) is 18.0 Å². The highest BCUT2D eigenvalue weighted by atomic mass is 16.2. The fraction of sp³-hybridized carbons (Fsp3) is 0.600. The molecule has 1 aliphatic carbocycles. The molecule has 1 saturated carbocycles. The predicted molar refractivity (Wildman–Crippen MR) is 55.8 cm³/mol. The first-order valence-corrected chi connectivity index (χ1v) is 5.22. The number of rotatable bonds is 3. The first-order valence-electron chi connectivity index (χ1n) is 5.22. The fourth-order valence-corrected chi connectivity index (χ4v) is 1.73. The SMILES string of the molecule is Cn1cc(C(=O)N(N)CC2CCC2)cn1. The second-order valence-electron chi connectivity index (χ2n) is 4.16. The molecule has 0 unspecified atom stereocenters. The van der Waals surface area contributed by atoms with Gasteiger partial charge in [0, 0.05) is 19.8 Å². The molecule has 0 bridgehead atoms. The van der Waals surface area contributed by atoms with Gasteiger partial charge in [-0.1, -0.05) is 6.42 Å². The molecule has 0 radical (unpaired) electrons. The highest BCUT2D eigenvalue weighted by Gasteiger charge is 2.22. The maximum atomic E-state index is 11.8. The Labute approximate surface area is 88.8 Å². The zero-order chi connectivity index (χ0) is 10.8. The van der Waals surface area contributed by atoms with Gasteiger partial charge in [-0.25, -0.2) is 5.84 Å². The number of carbonyl (C=O) groups is 1. The maximum absolute atomic E-state index is 11.8. The molecule has 1 fully saturated rings. The summed E-state index contributed by atoms with van der Waals surface area (Å²) in [5.41, 5.74) is 0.555. The molecular weight excluding hydrogens is 192 g/mol. The monoisotopic (exact) mass is 208 g/mol. The standard InChI is InChI=1S/C10H16N4O/c1-13-7-9(5-12-13)10(15)14(11)6-8-3-2-4-8/h5,7-8H,2-4,6,11H2,1H3. The number of nitrogens with zero attached hydrogens (tertiary/aromatic N) is 3. The Morgan fingerprint density at radius 1 is 1.73 bits per heavy atom. The van der Waals surface area contributed by atoms with Crippen molar-refractivity contribution in [3.63, 3.8) is 0 Å². The lowest BCUT2D eigenvalue weighted by molar-refractivity contribution is 0.0695. The molecule has 1 aliphatic rings. The highest BCUT2D eigenvalue weighted by Crippen LogP contribution is 2.26. The minimum Gasteiger partial charge on any atom is -0.276 e. The van der Waals surface area contributed by atoms with E-state index < -0.39 is 0 Å². The summed E-state index contributed by atoms with van der Waals surface area (Å²) in [5.74, 6) is 6.17. The third-order valence-corrected chi connectivity index (χ3v) is 2.89. The second-order valence-corrected chi connectivity index (χ2v) is 4.16. The number of aromatic nitrogens is 2. The maximum Gasteiger partial charge on any atom is 0.270 e. The molecule has 1 aromatic heterocycles. The van der Waals surface area contributed by atoms with Crippen molar-refractivity contribution in [2.24, 2.45) is 18.8 Å². The minimum atomic E-state index is -0.144. The molecule has 15 heavy (non-hydrogen) atoms. The second kappa shape index (κ2) is 4.02. The Bertz CT molecular complexity index is 356. The number of hydrogen-bond acceptors (Lipinski definition) is 3. The zero-order valence-corrected chi connectivity index (χ0v) is 8.89. The van der Waals surface area contributed by atoms with Crippen molar-refractivity contribution in [1.29, 1.82) is 0 Å². The molecule has 5 heteroatoms. The summed E-state index contributed by atoms with van der Waals surface area (Å²) in [4.78, 5) is 11.8. The summed E-state index contributed by atoms with van der Waals surface area (Å²) in [5, 5.41) is 5.25. The fourth-order valence-electron chi connectivity index (χ4n) is 1.73. The molecule has 0 atom stereocenters. The van der Waals surface area contributed by atoms with Gasteiger partial charge < -0.3 is 0 Å². The summed E-state index contributed by atoms with van der Waals surface area (Å²) in [6.07, 6.45) is 6.87. The molecular formula is C10H16N4O. The van der Waals surface area contributed by atoms with E-state index in [1.165, 1.54) is 24.3 Å². The van der Waals surface area contributed by atoms with Gasteiger partial charge in [0.25, 0.3) is 5.91 Å². The number of amides is 1. The van der Waals surface area contributed by atoms with Crippen LogP contribution in [0.3, 0.4) is 0 Å². The van der Waals surface area contributed by atoms with Crippen LogP contribution in [0.4, 0.5) is 0 Å². The summed E-state index contributed by atoms with van der Waals surface area (Å²) >= 11 is 0. The van der Waals surface area contributed by atoms with E-state index in [0.717, 1.165) is 0 Å². The van der Waals surface area contributed by atoms with Crippen LogP contribution in [0, 0.1) is 5.92 Å². The molecule has 2 N–H and O–H groups in total. The third-order valence-electron chi connectivity index (χ3n) is 2.89. The van der Waals surface area contributed by atoms with E-state index in [9.17, 15) is 4.79 Å². The van der Waals surface area contributed by atoms with Crippen LogP contribution in [-0.4, -0.2) is 27.2 Å². The van der Waals surface area contributed by atoms with Crippen molar-refractivity contribution >= 4 is 5.91 Å². The molecule has 2 rings (SSSR count). The van der Waals surface area contributed by atoms with Crippen molar-refractivity contribution in [3.8, 4) is 0 Å². The number of hydrazine groups is 1. The zero-order valence-electron chi connectivity index (χ0n) is 8.89. The number of nitrogens with two attached hydrogens (primary N) is 1. The van der Waals surface area contributed by atoms with E-state index in [-0.39, 0.29) is 5.91 Å². The van der Waals surface area contributed by atoms with Crippen molar-refractivity contribution in [3.05, 3.63) is 18.0 Å². The van der Waals surface area contributed by atoms with Crippen LogP contribution in [0.1, 0.15) is 29.6 Å². The molecule has 1 amide bonds. The Hall–Kier alpha value is -1.36. The van der Waals surface area contributed by atoms with Gasteiger partial charge in [0.1, 0.15) is 0 Å². The summed E-state index contributed by atoms with van der Waals surface area (Å²) in [7, 11) is 1.78. The van der Waals surface area contributed by atoms with Crippen LogP contribution in [0.2, 0.25) is 0 Å². The van der Waals surface area contributed by atoms with Crippen LogP contribution in [0.5, 0.6) is 0 Å². The van der Waals surface area contributed by atoms with Crippen molar-refractivity contribution < 1.29 is 4.79 Å². The van der Waals surface area contributed by atoms with Gasteiger partial charge in [-0.05, 0) is 18.8 Å². The Balaban J connectivity index is 1.94. The average Bonchev–Trinajstić information content (AvgIpc) is 2.56. The Kier molecular flexibility index (Phi) is 2.73. The lowest BCUT2D eigenvalue weighted by Crippen LogP contribution is -2.42. The first-order chi connectivity index (χ1) is 7.16. The molecule has 1 heterocycles. The summed E-state index contributed by atoms with van der Waals surface area (Å²) < 4.78 is 1.60. The van der Waals surface area contributed by atoms with E-state index in [2.05, 4.69) is 5.10 Å². The topological polar surface area (TPSA) is 64.2 Å². The van der Waals surface area contributed by atoms with Gasteiger partial charge in [0.2, 0.25) is 0 Å². The molecule has 0 aromatic carbocycles. The van der Waals surface area contributed by atoms with Crippen LogP contribution < -0.4 is 5.84 Å². The van der Waals surface area contributed by atoms with Crippen LogP contribution in [-0.2, 0) is 7.05 Å². The van der Waals surface area contributed by atoms with Gasteiger partial charge in [-0.2, -0.15) is 5.10 Å². The van der Waals surface area contributed by atoms with Crippen molar-refractivity contribution in [2.75, 3.05) is 6.54 Å². The smallest absolute Gasteiger partial charge is 0.270 e. The lowest BCUT2D eigenvalue weighted by Gasteiger charge is -2.29. The molecule has 1 aromatic rings. The van der Waals surface area contributed by atoms with E-state index >= 15 is 0 Å². The van der Waals surface area contributed by atoms with Gasteiger partial charge in [0.15, 0.2) is 0 Å². The van der Waals surface area contributed by atoms with Crippen LogP contribution >= 0.6 is 0 Å². The van der Waals surface area contributed by atoms with Gasteiger partial charge in [0.05, 0.1) is 11.8 Å². The molecule has 0 aliphatic heterocycles. The van der Waals surface area contributed by atoms with Crippen LogP contribution in [0.25, 0.3) is 0 Å². The molecule has 82 valence electrons. The quantitative estimate of drug-likeness (QED) is 0.448. The number of hydrogen-bond donors (Lipinski definition) is 1. The van der Waals surface area contributed by atoms with Crippen molar-refractivity contribution in [2.45, 2.75) is 19.3 Å². The van der Waals surface area contributed by atoms with Crippen molar-refractivity contribution in [1.82, 2.24) is 14.8 Å². The van der Waals surface area contributed by atoms with Crippen LogP contribution in [0.15, 0.2) is 12.4 Å². The van der Waals surface area contributed by atoms with E-state index in [1.54, 1.807) is 24.1 Å². The lowest BCUT2D eigenvalue weighted by atomic mass is 9.85.